The van der Waals surface area contributed by atoms with Crippen LogP contribution in [0.5, 0.6) is 0 Å². The van der Waals surface area contributed by atoms with Gasteiger partial charge in [0.1, 0.15) is 0 Å². The topological polar surface area (TPSA) is 41.4 Å². The molecule has 1 saturated heterocycles. The Hall–Kier alpha value is -2.06. The second-order valence-electron chi connectivity index (χ2n) is 6.55. The van der Waals surface area contributed by atoms with Gasteiger partial charge in [-0.1, -0.05) is 29.8 Å². The lowest BCUT2D eigenvalue weighted by molar-refractivity contribution is -0.142. The van der Waals surface area contributed by atoms with Gasteiger partial charge in [-0.15, -0.1) is 0 Å². The second-order valence-corrected chi connectivity index (χ2v) is 6.93. The van der Waals surface area contributed by atoms with Crippen molar-refractivity contribution in [3.63, 3.8) is 0 Å². The lowest BCUT2D eigenvalue weighted by Crippen LogP contribution is -2.49. The number of halogens is 4. The molecule has 3 rings (SSSR count). The summed E-state index contributed by atoms with van der Waals surface area (Å²) in [6, 6.07) is 8.01. The van der Waals surface area contributed by atoms with Gasteiger partial charge in [0, 0.05) is 31.9 Å². The highest BCUT2D eigenvalue weighted by molar-refractivity contribution is 6.32. The van der Waals surface area contributed by atoms with Crippen LogP contribution in [0.4, 0.5) is 18.9 Å². The number of piperazine rings is 1. The van der Waals surface area contributed by atoms with Crippen molar-refractivity contribution >= 4 is 23.6 Å². The zero-order valence-corrected chi connectivity index (χ0v) is 15.8. The summed E-state index contributed by atoms with van der Waals surface area (Å²) in [6.45, 7) is 5.84. The van der Waals surface area contributed by atoms with Crippen molar-refractivity contribution in [1.82, 2.24) is 14.7 Å². The number of alkyl halides is 3. The van der Waals surface area contributed by atoms with Crippen molar-refractivity contribution < 1.29 is 18.0 Å². The molecule has 1 unspecified atom stereocenters. The summed E-state index contributed by atoms with van der Waals surface area (Å²) in [6.07, 6.45) is -4.97. The first-order valence-electron chi connectivity index (χ1n) is 8.55. The van der Waals surface area contributed by atoms with E-state index in [1.807, 2.05) is 36.1 Å². The fourth-order valence-corrected chi connectivity index (χ4v) is 3.61. The zero-order valence-electron chi connectivity index (χ0n) is 15.0. The first-order valence-corrected chi connectivity index (χ1v) is 8.93. The summed E-state index contributed by atoms with van der Waals surface area (Å²) in [5.41, 5.74) is 1.24. The summed E-state index contributed by atoms with van der Waals surface area (Å²) in [5, 5.41) is 3.13. The van der Waals surface area contributed by atoms with Crippen LogP contribution in [-0.4, -0.2) is 47.1 Å². The number of aromatic nitrogens is 2. The number of rotatable bonds is 4. The maximum atomic E-state index is 13.1. The summed E-state index contributed by atoms with van der Waals surface area (Å²) in [5.74, 6) is 0. The molecule has 1 aliphatic rings. The number of carbonyl (C=O) groups excluding carboxylic acids is 1. The average Bonchev–Trinajstić information content (AvgIpc) is 2.93. The van der Waals surface area contributed by atoms with Gasteiger partial charge in [-0.2, -0.15) is 18.3 Å². The van der Waals surface area contributed by atoms with Crippen molar-refractivity contribution in [2.75, 3.05) is 31.1 Å². The number of carbonyl (C=O) groups is 1. The van der Waals surface area contributed by atoms with Crippen LogP contribution in [0, 0.1) is 13.8 Å². The van der Waals surface area contributed by atoms with Gasteiger partial charge in [-0.05, 0) is 25.5 Å². The smallest absolute Gasteiger partial charge is 0.369 e. The molecule has 2 aromatic rings. The molecule has 2 heterocycles. The van der Waals surface area contributed by atoms with Crippen LogP contribution in [0.15, 0.2) is 24.3 Å². The van der Waals surface area contributed by atoms with E-state index in [9.17, 15) is 18.0 Å². The molecule has 146 valence electrons. The van der Waals surface area contributed by atoms with E-state index in [0.29, 0.717) is 32.5 Å². The largest absolute Gasteiger partial charge is 0.436 e. The summed E-state index contributed by atoms with van der Waals surface area (Å²) in [4.78, 5) is 15.7. The molecule has 0 aliphatic carbocycles. The highest BCUT2D eigenvalue weighted by Gasteiger charge is 2.39. The first kappa shape index (κ1) is 19.7. The van der Waals surface area contributed by atoms with Gasteiger partial charge in [-0.3, -0.25) is 9.69 Å². The van der Waals surface area contributed by atoms with E-state index in [4.69, 9.17) is 11.6 Å². The highest BCUT2D eigenvalue weighted by atomic mass is 35.5. The third-order valence-corrected chi connectivity index (χ3v) is 5.31. The molecule has 1 aromatic carbocycles. The molecule has 0 amide bonds. The number of hydrogen-bond acceptors (Lipinski definition) is 4. The summed E-state index contributed by atoms with van der Waals surface area (Å²) in [7, 11) is 0. The Labute approximate surface area is 160 Å². The zero-order chi connectivity index (χ0) is 19.8. The number of nitrogens with zero attached hydrogens (tertiary/aromatic N) is 4. The number of hydrogen-bond donors (Lipinski definition) is 0. The van der Waals surface area contributed by atoms with Gasteiger partial charge in [-0.25, -0.2) is 4.68 Å². The fraction of sp³-hybridized carbons (Fsp3) is 0.444. The van der Waals surface area contributed by atoms with Gasteiger partial charge in [0.15, 0.2) is 18.1 Å². The van der Waals surface area contributed by atoms with Crippen molar-refractivity contribution in [3.05, 3.63) is 46.2 Å². The Morgan fingerprint density at radius 1 is 1.15 bits per heavy atom. The van der Waals surface area contributed by atoms with Gasteiger partial charge in [0.2, 0.25) is 0 Å². The Morgan fingerprint density at radius 3 is 2.30 bits per heavy atom. The number of aldehydes is 1. The molecule has 0 radical (unpaired) electrons. The molecule has 1 fully saturated rings. The Bertz CT molecular complexity index is 828. The predicted octanol–water partition coefficient (Wildman–Crippen LogP) is 3.69. The number of anilines is 1. The van der Waals surface area contributed by atoms with E-state index in [1.165, 1.54) is 6.92 Å². The molecule has 1 aromatic heterocycles. The maximum absolute atomic E-state index is 13.1. The van der Waals surface area contributed by atoms with Gasteiger partial charge >= 0.3 is 6.18 Å². The minimum atomic E-state index is -4.66. The standard InChI is InChI=1S/C18H20ClF3N4O/c1-12-5-3-4-6-14(12)24-7-9-25(10-8-24)15(11-27)26-13(2)16(19)17(23-26)18(20,21)22/h3-6,11,15H,7-10H2,1-2H3. The van der Waals surface area contributed by atoms with Crippen molar-refractivity contribution in [3.8, 4) is 0 Å². The molecule has 1 aliphatic heterocycles. The second kappa shape index (κ2) is 7.52. The molecule has 5 nitrogen and oxygen atoms in total. The highest BCUT2D eigenvalue weighted by Crippen LogP contribution is 2.36. The summed E-state index contributed by atoms with van der Waals surface area (Å²) >= 11 is 5.81. The van der Waals surface area contributed by atoms with Crippen LogP contribution in [0.25, 0.3) is 0 Å². The van der Waals surface area contributed by atoms with Gasteiger partial charge in [0.05, 0.1) is 10.7 Å². The monoisotopic (exact) mass is 400 g/mol. The number of para-hydroxylation sites is 1. The fourth-order valence-electron chi connectivity index (χ4n) is 3.38. The van der Waals surface area contributed by atoms with Crippen LogP contribution in [0.1, 0.15) is 23.1 Å². The minimum Gasteiger partial charge on any atom is -0.369 e. The van der Waals surface area contributed by atoms with Crippen molar-refractivity contribution in [2.45, 2.75) is 26.2 Å². The molecular weight excluding hydrogens is 381 g/mol. The van der Waals surface area contributed by atoms with Gasteiger partial charge < -0.3 is 4.90 Å². The molecule has 0 saturated carbocycles. The van der Waals surface area contributed by atoms with Crippen LogP contribution >= 0.6 is 11.6 Å². The van der Waals surface area contributed by atoms with Gasteiger partial charge in [0.25, 0.3) is 0 Å². The predicted molar refractivity (Wildman–Crippen MR) is 97.0 cm³/mol. The summed E-state index contributed by atoms with van der Waals surface area (Å²) < 4.78 is 40.2. The number of aryl methyl sites for hydroxylation is 1. The van der Waals surface area contributed by atoms with Crippen LogP contribution in [0.3, 0.4) is 0 Å². The third-order valence-electron chi connectivity index (χ3n) is 4.86. The molecule has 0 bridgehead atoms. The van der Waals surface area contributed by atoms with E-state index >= 15 is 0 Å². The van der Waals surface area contributed by atoms with Crippen molar-refractivity contribution in [1.29, 1.82) is 0 Å². The Balaban J connectivity index is 1.79. The minimum absolute atomic E-state index is 0.127. The third kappa shape index (κ3) is 3.82. The number of benzene rings is 1. The maximum Gasteiger partial charge on any atom is 0.436 e. The Kier molecular flexibility index (Phi) is 5.48. The van der Waals surface area contributed by atoms with Crippen LogP contribution in [0.2, 0.25) is 5.02 Å². The lowest BCUT2D eigenvalue weighted by Gasteiger charge is -2.39. The first-order chi connectivity index (χ1) is 12.7. The van der Waals surface area contributed by atoms with Crippen LogP contribution in [-0.2, 0) is 11.0 Å². The normalized spacial score (nSPS) is 17.2. The van der Waals surface area contributed by atoms with Crippen molar-refractivity contribution in [2.24, 2.45) is 0 Å². The molecule has 0 spiro atoms. The SMILES string of the molecule is Cc1ccccc1N1CCN(C(C=O)n2nc(C(F)(F)F)c(Cl)c2C)CC1. The molecule has 1 atom stereocenters. The molecule has 9 heteroatoms. The van der Waals surface area contributed by atoms with E-state index in [-0.39, 0.29) is 5.69 Å². The van der Waals surface area contributed by atoms with E-state index in [1.54, 1.807) is 0 Å². The van der Waals surface area contributed by atoms with E-state index in [2.05, 4.69) is 10.00 Å². The van der Waals surface area contributed by atoms with Crippen LogP contribution < -0.4 is 4.90 Å². The molecule has 27 heavy (non-hydrogen) atoms. The lowest BCUT2D eigenvalue weighted by atomic mass is 10.1. The molecular formula is C18H20ClF3N4O. The average molecular weight is 401 g/mol. The van der Waals surface area contributed by atoms with E-state index < -0.39 is 23.1 Å². The molecule has 0 N–H and O–H groups in total. The quantitative estimate of drug-likeness (QED) is 0.734. The Morgan fingerprint density at radius 2 is 1.78 bits per heavy atom. The van der Waals surface area contributed by atoms with E-state index in [0.717, 1.165) is 15.9 Å².